The molecule has 0 radical (unpaired) electrons. The van der Waals surface area contributed by atoms with Gasteiger partial charge in [0.15, 0.2) is 0 Å². The van der Waals surface area contributed by atoms with Gasteiger partial charge in [0, 0.05) is 42.4 Å². The van der Waals surface area contributed by atoms with Crippen molar-refractivity contribution in [3.63, 3.8) is 0 Å². The van der Waals surface area contributed by atoms with Crippen LogP contribution in [0.3, 0.4) is 0 Å². The first-order valence-corrected chi connectivity index (χ1v) is 16.5. The first-order chi connectivity index (χ1) is 22.0. The number of halogens is 1. The van der Waals surface area contributed by atoms with Gasteiger partial charge in [-0.3, -0.25) is 9.79 Å². The van der Waals surface area contributed by atoms with Crippen LogP contribution in [0.1, 0.15) is 47.1 Å². The van der Waals surface area contributed by atoms with E-state index in [1.54, 1.807) is 6.07 Å². The maximum Gasteiger partial charge on any atom is 0.232 e. The Labute approximate surface area is 274 Å². The molecule has 4 atom stereocenters. The molecule has 6 heteroatoms. The number of hydrogen-bond acceptors (Lipinski definition) is 4. The molecule has 2 aliphatic rings. The summed E-state index contributed by atoms with van der Waals surface area (Å²) >= 11 is 3.82. The van der Waals surface area contributed by atoms with Gasteiger partial charge < -0.3 is 15.7 Å². The van der Waals surface area contributed by atoms with Crippen molar-refractivity contribution in [1.82, 2.24) is 10.6 Å². The molecule has 1 aliphatic carbocycles. The lowest BCUT2D eigenvalue weighted by molar-refractivity contribution is -0.121. The Morgan fingerprint density at radius 3 is 2.11 bits per heavy atom. The monoisotopic (exact) mass is 659 g/mol. The van der Waals surface area contributed by atoms with Crippen LogP contribution in [0.2, 0.25) is 0 Å². The van der Waals surface area contributed by atoms with Crippen LogP contribution >= 0.6 is 15.9 Å². The second-order valence-electron chi connectivity index (χ2n) is 11.8. The quantitative estimate of drug-likeness (QED) is 0.161. The second kappa shape index (κ2) is 14.1. The third kappa shape index (κ3) is 7.12. The number of aromatic hydroxyl groups is 1. The second-order valence-corrected chi connectivity index (χ2v) is 12.9. The van der Waals surface area contributed by atoms with Crippen molar-refractivity contribution in [3.05, 3.63) is 155 Å². The molecule has 45 heavy (non-hydrogen) atoms. The molecule has 0 saturated heterocycles. The topological polar surface area (TPSA) is 73.7 Å². The number of fused-ring (bicyclic) bond motifs is 1. The van der Waals surface area contributed by atoms with E-state index in [2.05, 4.69) is 69.9 Å². The summed E-state index contributed by atoms with van der Waals surface area (Å²) in [6.07, 6.45) is 7.31. The average molecular weight is 661 g/mol. The predicted molar refractivity (Wildman–Crippen MR) is 186 cm³/mol. The Bertz CT molecular complexity index is 1660. The van der Waals surface area contributed by atoms with Crippen molar-refractivity contribution in [2.45, 2.75) is 43.2 Å². The minimum atomic E-state index is -0.365. The molecule has 1 aliphatic heterocycles. The molecule has 0 aromatic heterocycles. The van der Waals surface area contributed by atoms with Crippen molar-refractivity contribution in [3.8, 4) is 5.75 Å². The van der Waals surface area contributed by atoms with E-state index in [1.165, 1.54) is 0 Å². The lowest BCUT2D eigenvalue weighted by Gasteiger charge is -2.30. The van der Waals surface area contributed by atoms with Crippen molar-refractivity contribution < 1.29 is 9.90 Å². The van der Waals surface area contributed by atoms with Crippen LogP contribution in [-0.4, -0.2) is 28.1 Å². The van der Waals surface area contributed by atoms with Gasteiger partial charge in [-0.05, 0) is 46.4 Å². The zero-order valence-electron chi connectivity index (χ0n) is 25.3. The molecule has 3 N–H and O–H groups in total. The number of alkyl halides is 1. The number of rotatable bonds is 9. The highest BCUT2D eigenvalue weighted by molar-refractivity contribution is 9.10. The molecule has 228 valence electrons. The molecule has 0 saturated carbocycles. The third-order valence-corrected chi connectivity index (χ3v) is 9.82. The molecular formula is C39H38BrN3O2. The number of phenols is 1. The summed E-state index contributed by atoms with van der Waals surface area (Å²) in [5.74, 6) is 0.429. The van der Waals surface area contributed by atoms with Crippen molar-refractivity contribution in [2.75, 3.05) is 0 Å². The zero-order chi connectivity index (χ0) is 31.2. The Kier molecular flexibility index (Phi) is 9.61. The molecule has 0 spiro atoms. The highest BCUT2D eigenvalue weighted by Gasteiger charge is 2.37. The van der Waals surface area contributed by atoms with Gasteiger partial charge in [0.05, 0.1) is 16.8 Å². The Balaban J connectivity index is 1.14. The number of aliphatic imine (C=N–C) groups is 1. The Hall–Kier alpha value is -4.42. The minimum Gasteiger partial charge on any atom is -0.507 e. The number of hydrogen-bond donors (Lipinski definition) is 3. The smallest absolute Gasteiger partial charge is 0.232 e. The number of carbonyl (C=O) groups excluding carboxylic acids is 1. The molecule has 1 heterocycles. The van der Waals surface area contributed by atoms with E-state index >= 15 is 0 Å². The summed E-state index contributed by atoms with van der Waals surface area (Å²) in [7, 11) is 0. The fourth-order valence-corrected chi connectivity index (χ4v) is 7.00. The van der Waals surface area contributed by atoms with E-state index in [0.29, 0.717) is 19.0 Å². The maximum absolute atomic E-state index is 13.4. The van der Waals surface area contributed by atoms with E-state index in [-0.39, 0.29) is 34.4 Å². The number of benzene rings is 4. The minimum absolute atomic E-state index is 0.0183. The SMILES string of the molecule is C[C@@H]1/C(NCc2ccc(CNC(=O)C(c3ccccc3)c3ccccc3)cc2)=C\C(c2ccccc2O)=C\CC2C(Br)C=NC21. The lowest BCUT2D eigenvalue weighted by Crippen LogP contribution is -2.33. The van der Waals surface area contributed by atoms with E-state index < -0.39 is 0 Å². The van der Waals surface area contributed by atoms with Gasteiger partial charge in [-0.15, -0.1) is 0 Å². The fourth-order valence-electron chi connectivity index (χ4n) is 6.34. The van der Waals surface area contributed by atoms with Gasteiger partial charge in [0.25, 0.3) is 0 Å². The lowest BCUT2D eigenvalue weighted by atomic mass is 9.82. The number of para-hydroxylation sites is 1. The first-order valence-electron chi connectivity index (χ1n) is 15.5. The fraction of sp³-hybridized carbons (Fsp3) is 0.231. The van der Waals surface area contributed by atoms with Gasteiger partial charge in [-0.1, -0.05) is 132 Å². The van der Waals surface area contributed by atoms with Crippen LogP contribution in [0.4, 0.5) is 0 Å². The highest BCUT2D eigenvalue weighted by Crippen LogP contribution is 2.39. The van der Waals surface area contributed by atoms with Gasteiger partial charge in [0.1, 0.15) is 5.75 Å². The van der Waals surface area contributed by atoms with Crippen molar-refractivity contribution in [1.29, 1.82) is 0 Å². The summed E-state index contributed by atoms with van der Waals surface area (Å²) in [6, 6.07) is 35.9. The summed E-state index contributed by atoms with van der Waals surface area (Å²) < 4.78 is 0. The zero-order valence-corrected chi connectivity index (χ0v) is 26.9. The number of allylic oxidation sites excluding steroid dienone is 3. The Morgan fingerprint density at radius 2 is 1.47 bits per heavy atom. The van der Waals surface area contributed by atoms with E-state index in [4.69, 9.17) is 4.99 Å². The molecule has 5 nitrogen and oxygen atoms in total. The summed E-state index contributed by atoms with van der Waals surface area (Å²) in [4.78, 5) is 18.5. The largest absolute Gasteiger partial charge is 0.507 e. The maximum atomic E-state index is 13.4. The summed E-state index contributed by atoms with van der Waals surface area (Å²) in [5.41, 5.74) is 7.08. The van der Waals surface area contributed by atoms with Crippen LogP contribution in [0.25, 0.3) is 5.57 Å². The normalized spacial score (nSPS) is 23.2. The van der Waals surface area contributed by atoms with E-state index in [9.17, 15) is 9.90 Å². The average Bonchev–Trinajstić information content (AvgIpc) is 3.44. The number of nitrogens with one attached hydrogen (secondary N) is 2. The van der Waals surface area contributed by atoms with Crippen LogP contribution in [0.5, 0.6) is 5.75 Å². The van der Waals surface area contributed by atoms with Crippen molar-refractivity contribution >= 4 is 33.6 Å². The molecule has 4 aromatic carbocycles. The summed E-state index contributed by atoms with van der Waals surface area (Å²) in [6.45, 7) is 3.34. The van der Waals surface area contributed by atoms with Gasteiger partial charge >= 0.3 is 0 Å². The molecule has 1 amide bonds. The van der Waals surface area contributed by atoms with Crippen LogP contribution in [-0.2, 0) is 17.9 Å². The number of carbonyl (C=O) groups is 1. The Morgan fingerprint density at radius 1 is 0.867 bits per heavy atom. The summed E-state index contributed by atoms with van der Waals surface area (Å²) in [5, 5.41) is 17.5. The van der Waals surface area contributed by atoms with E-state index in [1.807, 2.05) is 85.1 Å². The van der Waals surface area contributed by atoms with Gasteiger partial charge in [0.2, 0.25) is 5.91 Å². The molecule has 6 rings (SSSR count). The molecule has 0 fully saturated rings. The molecule has 0 bridgehead atoms. The molecule has 3 unspecified atom stereocenters. The standard InChI is InChI=1S/C39H38BrN3O2/c1-26-35(22-31(32-14-8-9-15-36(32)44)20-21-33-34(40)25-42-38(26)33)41-23-27-16-18-28(19-17-27)24-43-39(45)37(29-10-4-2-5-11-29)30-12-6-3-7-13-30/h2-20,22,25-26,33-34,37-38,41,44H,21,23-24H2,1H3,(H,43,45)/b31-20-,35-22+/t26-,33?,34?,38?/m1/s1. The predicted octanol–water partition coefficient (Wildman–Crippen LogP) is 7.77. The number of phenolic OH excluding ortho intramolecular Hbond substituents is 1. The molecular weight excluding hydrogens is 622 g/mol. The highest BCUT2D eigenvalue weighted by atomic mass is 79.9. The van der Waals surface area contributed by atoms with Crippen LogP contribution < -0.4 is 10.6 Å². The first kappa shape index (κ1) is 30.6. The third-order valence-electron chi connectivity index (χ3n) is 8.90. The van der Waals surface area contributed by atoms with E-state index in [0.717, 1.165) is 45.5 Å². The van der Waals surface area contributed by atoms with Gasteiger partial charge in [-0.25, -0.2) is 0 Å². The van der Waals surface area contributed by atoms with Crippen LogP contribution in [0, 0.1) is 11.8 Å². The number of amides is 1. The van der Waals surface area contributed by atoms with Gasteiger partial charge in [-0.2, -0.15) is 0 Å². The van der Waals surface area contributed by atoms with Crippen molar-refractivity contribution in [2.24, 2.45) is 16.8 Å². The van der Waals surface area contributed by atoms with Crippen LogP contribution in [0.15, 0.2) is 132 Å². The molecule has 4 aromatic rings. The number of nitrogens with zero attached hydrogens (tertiary/aromatic N) is 1.